The van der Waals surface area contributed by atoms with Crippen LogP contribution in [0.4, 0.5) is 0 Å². The minimum atomic E-state index is -0.409. The summed E-state index contributed by atoms with van der Waals surface area (Å²) >= 11 is 0. The molecule has 0 bridgehead atoms. The lowest BCUT2D eigenvalue weighted by molar-refractivity contribution is 0.0254. The van der Waals surface area contributed by atoms with Gasteiger partial charge in [-0.1, -0.05) is 6.07 Å². The Hall–Kier alpha value is -4.39. The van der Waals surface area contributed by atoms with E-state index in [0.29, 0.717) is 64.8 Å². The molecule has 9 nitrogen and oxygen atoms in total. The van der Waals surface area contributed by atoms with E-state index in [4.69, 9.17) is 18.6 Å². The number of carbonyl (C=O) groups excluding carboxylic acids is 1. The molecule has 0 saturated carbocycles. The van der Waals surface area contributed by atoms with Gasteiger partial charge in [-0.15, -0.1) is 0 Å². The van der Waals surface area contributed by atoms with Gasteiger partial charge in [-0.05, 0) is 69.9 Å². The number of aromatic nitrogens is 1. The second-order valence-corrected chi connectivity index (χ2v) is 11.4. The van der Waals surface area contributed by atoms with Crippen LogP contribution in [0.25, 0.3) is 33.6 Å². The molecule has 2 aromatic heterocycles. The summed E-state index contributed by atoms with van der Waals surface area (Å²) in [5.74, 6) is 1.45. The molecule has 9 heteroatoms. The van der Waals surface area contributed by atoms with E-state index in [2.05, 4.69) is 16.4 Å². The number of hydrogen-bond donors (Lipinski definition) is 1. The lowest BCUT2D eigenvalue weighted by Gasteiger charge is -2.29. The zero-order chi connectivity index (χ0) is 29.9. The van der Waals surface area contributed by atoms with Crippen molar-refractivity contribution in [1.29, 1.82) is 5.26 Å². The second kappa shape index (κ2) is 12.2. The van der Waals surface area contributed by atoms with Gasteiger partial charge < -0.3 is 28.8 Å². The van der Waals surface area contributed by atoms with E-state index in [1.54, 1.807) is 25.4 Å². The van der Waals surface area contributed by atoms with Crippen LogP contribution in [-0.2, 0) is 4.74 Å². The van der Waals surface area contributed by atoms with E-state index in [1.165, 1.54) is 0 Å². The molecule has 1 saturated heterocycles. The van der Waals surface area contributed by atoms with Gasteiger partial charge in [-0.3, -0.25) is 9.78 Å². The zero-order valence-corrected chi connectivity index (χ0v) is 24.7. The van der Waals surface area contributed by atoms with Crippen molar-refractivity contribution in [3.8, 4) is 40.0 Å². The summed E-state index contributed by atoms with van der Waals surface area (Å²) < 4.78 is 23.6. The van der Waals surface area contributed by atoms with Gasteiger partial charge in [-0.2, -0.15) is 5.26 Å². The Morgan fingerprint density at radius 1 is 1.10 bits per heavy atom. The highest BCUT2D eigenvalue weighted by molar-refractivity contribution is 5.97. The third-order valence-electron chi connectivity index (χ3n) is 7.18. The fraction of sp³-hybridized carbons (Fsp3) is 0.364. The van der Waals surface area contributed by atoms with E-state index < -0.39 is 5.54 Å². The molecule has 0 aliphatic carbocycles. The Kier molecular flexibility index (Phi) is 8.48. The molecule has 0 unspecified atom stereocenters. The molecule has 1 aliphatic heterocycles. The summed E-state index contributed by atoms with van der Waals surface area (Å²) in [6.45, 7) is 6.00. The molecule has 0 radical (unpaired) electrons. The molecule has 1 fully saturated rings. The summed E-state index contributed by atoms with van der Waals surface area (Å²) in [6.07, 6.45) is 3.36. The monoisotopic (exact) mass is 568 g/mol. The molecule has 0 atom stereocenters. The first-order valence-corrected chi connectivity index (χ1v) is 14.0. The van der Waals surface area contributed by atoms with Crippen LogP contribution >= 0.6 is 0 Å². The van der Waals surface area contributed by atoms with Gasteiger partial charge in [0, 0.05) is 48.3 Å². The van der Waals surface area contributed by atoms with Crippen LogP contribution < -0.4 is 14.8 Å². The molecule has 4 aromatic rings. The average molecular weight is 569 g/mol. The van der Waals surface area contributed by atoms with Gasteiger partial charge in [-0.25, -0.2) is 0 Å². The maximum Gasteiger partial charge on any atom is 0.251 e. The van der Waals surface area contributed by atoms with Crippen molar-refractivity contribution in [3.05, 3.63) is 65.9 Å². The van der Waals surface area contributed by atoms with Gasteiger partial charge in [0.05, 0.1) is 31.5 Å². The van der Waals surface area contributed by atoms with E-state index in [1.807, 2.05) is 69.2 Å². The Morgan fingerprint density at radius 3 is 2.60 bits per heavy atom. The molecule has 2 aromatic carbocycles. The summed E-state index contributed by atoms with van der Waals surface area (Å²) in [6, 6.07) is 16.9. The highest BCUT2D eigenvalue weighted by Crippen LogP contribution is 2.38. The van der Waals surface area contributed by atoms with Crippen molar-refractivity contribution < 1.29 is 23.4 Å². The first kappa shape index (κ1) is 29.1. The summed E-state index contributed by atoms with van der Waals surface area (Å²) in [5, 5.41) is 13.0. The number of pyridine rings is 1. The fourth-order valence-electron chi connectivity index (χ4n) is 5.40. The highest BCUT2D eigenvalue weighted by atomic mass is 16.5. The van der Waals surface area contributed by atoms with E-state index in [0.717, 1.165) is 24.0 Å². The van der Waals surface area contributed by atoms with Crippen LogP contribution in [0.2, 0.25) is 0 Å². The van der Waals surface area contributed by atoms with E-state index in [9.17, 15) is 10.1 Å². The molecule has 1 N–H and O–H groups in total. The number of ether oxygens (including phenoxy) is 3. The number of furan rings is 1. The van der Waals surface area contributed by atoms with Crippen LogP contribution in [-0.4, -0.2) is 68.4 Å². The number of fused-ring (bicyclic) bond motifs is 1. The zero-order valence-electron chi connectivity index (χ0n) is 24.7. The number of methoxy groups -OCH3 is 1. The number of rotatable bonds is 9. The van der Waals surface area contributed by atoms with Gasteiger partial charge in [0.25, 0.3) is 5.91 Å². The summed E-state index contributed by atoms with van der Waals surface area (Å²) in [4.78, 5) is 19.6. The van der Waals surface area contributed by atoms with Gasteiger partial charge in [0.1, 0.15) is 34.9 Å². The number of hydrogen-bond acceptors (Lipinski definition) is 8. The molecule has 42 heavy (non-hydrogen) atoms. The van der Waals surface area contributed by atoms with Gasteiger partial charge in [0.2, 0.25) is 0 Å². The number of nitrogens with one attached hydrogen (secondary N) is 1. The summed E-state index contributed by atoms with van der Waals surface area (Å²) in [7, 11) is 5.51. The smallest absolute Gasteiger partial charge is 0.251 e. The lowest BCUT2D eigenvalue weighted by Crippen LogP contribution is -2.49. The predicted octanol–water partition coefficient (Wildman–Crippen LogP) is 5.67. The third kappa shape index (κ3) is 6.40. The average Bonchev–Trinajstić information content (AvgIpc) is 3.41. The normalized spacial score (nSPS) is 14.1. The van der Waals surface area contributed by atoms with Crippen LogP contribution in [0.5, 0.6) is 11.5 Å². The van der Waals surface area contributed by atoms with Crippen LogP contribution in [0.1, 0.15) is 42.6 Å². The molecule has 1 amide bonds. The van der Waals surface area contributed by atoms with Crippen molar-refractivity contribution >= 4 is 17.0 Å². The number of likely N-dealkylation sites (N-methyl/N-ethyl adjacent to an activating group) is 1. The van der Waals surface area contributed by atoms with Crippen molar-refractivity contribution in [2.24, 2.45) is 0 Å². The first-order chi connectivity index (χ1) is 20.2. The molecule has 218 valence electrons. The largest absolute Gasteiger partial charge is 0.496 e. The molecule has 5 rings (SSSR count). The number of amides is 1. The Morgan fingerprint density at radius 2 is 1.88 bits per heavy atom. The number of nitrogens with zero attached hydrogens (tertiary/aromatic N) is 3. The molecule has 0 spiro atoms. The maximum absolute atomic E-state index is 13.0. The molecular formula is C33H36N4O5. The minimum Gasteiger partial charge on any atom is -0.496 e. The van der Waals surface area contributed by atoms with E-state index in [-0.39, 0.29) is 12.0 Å². The van der Waals surface area contributed by atoms with Crippen LogP contribution in [0.15, 0.2) is 59.1 Å². The van der Waals surface area contributed by atoms with Crippen molar-refractivity contribution in [2.45, 2.75) is 38.3 Å². The minimum absolute atomic E-state index is 0.0361. The fourth-order valence-corrected chi connectivity index (χ4v) is 5.40. The Bertz CT molecular complexity index is 1630. The maximum atomic E-state index is 13.0. The standard InChI is InChI=1S/C33H36N4O5/c1-33(2,20-37(3)4)36-32(38)22-6-8-26(29(17-22)39-5)30-18-27-31(42-30)25(10-13-35-27)21-7-9-28(23(16-21)19-34)41-24-11-14-40-15-12-24/h6-10,13,16-18,24H,11-12,14-15,20H2,1-5H3,(H,36,38). The van der Waals surface area contributed by atoms with Crippen molar-refractivity contribution in [3.63, 3.8) is 0 Å². The number of carbonyl (C=O) groups is 1. The van der Waals surface area contributed by atoms with Crippen LogP contribution in [0, 0.1) is 11.3 Å². The topological polar surface area (TPSA) is 110 Å². The SMILES string of the molecule is COc1cc(C(=O)NC(C)(C)CN(C)C)ccc1-c1cc2nccc(-c3ccc(OC4CCOCC4)c(C#N)c3)c2o1. The number of nitriles is 1. The Labute approximate surface area is 246 Å². The third-order valence-corrected chi connectivity index (χ3v) is 7.18. The highest BCUT2D eigenvalue weighted by Gasteiger charge is 2.24. The number of benzene rings is 2. The van der Waals surface area contributed by atoms with Crippen molar-refractivity contribution in [2.75, 3.05) is 41.0 Å². The Balaban J connectivity index is 1.44. The lowest BCUT2D eigenvalue weighted by atomic mass is 10.0. The van der Waals surface area contributed by atoms with Crippen molar-refractivity contribution in [1.82, 2.24) is 15.2 Å². The quantitative estimate of drug-likeness (QED) is 0.275. The predicted molar refractivity (Wildman–Crippen MR) is 161 cm³/mol. The molecular weight excluding hydrogens is 532 g/mol. The second-order valence-electron chi connectivity index (χ2n) is 11.4. The van der Waals surface area contributed by atoms with Gasteiger partial charge >= 0.3 is 0 Å². The summed E-state index contributed by atoms with van der Waals surface area (Å²) in [5.41, 5.74) is 4.11. The molecule has 3 heterocycles. The van der Waals surface area contributed by atoms with Gasteiger partial charge in [0.15, 0.2) is 5.58 Å². The van der Waals surface area contributed by atoms with E-state index >= 15 is 0 Å². The van der Waals surface area contributed by atoms with Crippen LogP contribution in [0.3, 0.4) is 0 Å². The first-order valence-electron chi connectivity index (χ1n) is 14.0. The molecule has 1 aliphatic rings.